The molecule has 7 nitrogen and oxygen atoms in total. The van der Waals surface area contributed by atoms with E-state index in [1.54, 1.807) is 0 Å². The highest BCUT2D eigenvalue weighted by Gasteiger charge is 2.32. The second-order valence-electron chi connectivity index (χ2n) is 9.76. The summed E-state index contributed by atoms with van der Waals surface area (Å²) in [5.74, 6) is 1.01. The van der Waals surface area contributed by atoms with Crippen molar-refractivity contribution in [3.63, 3.8) is 0 Å². The van der Waals surface area contributed by atoms with Crippen molar-refractivity contribution in [2.45, 2.75) is 44.3 Å². The second kappa shape index (κ2) is 10.1. The zero-order chi connectivity index (χ0) is 23.5. The minimum atomic E-state index is 0.0682. The third kappa shape index (κ3) is 4.79. The molecule has 3 heterocycles. The topological polar surface area (TPSA) is 55.0 Å². The minimum Gasteiger partial charge on any atom is -0.311 e. The molecule has 0 radical (unpaired) electrons. The molecule has 0 spiro atoms. The van der Waals surface area contributed by atoms with E-state index < -0.39 is 0 Å². The summed E-state index contributed by atoms with van der Waals surface area (Å²) in [6, 6.07) is 22.1. The summed E-state index contributed by atoms with van der Waals surface area (Å²) in [6.45, 7) is 5.10. The smallest absolute Gasteiger partial charge is 0.155 e. The standard InChI is InChI=1S/C28H33N7/c1-2-7-23(8-3-1)21-34-22-29-31-28(34)27(24-11-13-26(14-12-24)35-16-6-15-30-35)33-19-17-32(18-20-33)25-9-4-5-10-25/h1-3,6-8,11-16,22,25,27H,4-5,9-10,17-21H2. The molecule has 1 atom stereocenters. The van der Waals surface area contributed by atoms with Crippen LogP contribution >= 0.6 is 0 Å². The van der Waals surface area contributed by atoms with Gasteiger partial charge in [0, 0.05) is 44.6 Å². The maximum Gasteiger partial charge on any atom is 0.155 e. The lowest BCUT2D eigenvalue weighted by Gasteiger charge is -2.41. The molecule has 0 N–H and O–H groups in total. The summed E-state index contributed by atoms with van der Waals surface area (Å²) in [5, 5.41) is 13.4. The molecule has 1 aliphatic heterocycles. The van der Waals surface area contributed by atoms with Crippen LogP contribution in [-0.2, 0) is 6.54 Å². The van der Waals surface area contributed by atoms with Gasteiger partial charge >= 0.3 is 0 Å². The lowest BCUT2D eigenvalue weighted by molar-refractivity contribution is 0.0773. The Kier molecular flexibility index (Phi) is 6.43. The summed E-state index contributed by atoms with van der Waals surface area (Å²) < 4.78 is 4.11. The van der Waals surface area contributed by atoms with Gasteiger partial charge in [0.25, 0.3) is 0 Å². The van der Waals surface area contributed by atoms with Crippen LogP contribution < -0.4 is 0 Å². The average molecular weight is 468 g/mol. The Bertz CT molecular complexity index is 1190. The summed E-state index contributed by atoms with van der Waals surface area (Å²) >= 11 is 0. The van der Waals surface area contributed by atoms with E-state index in [4.69, 9.17) is 0 Å². The van der Waals surface area contributed by atoms with Gasteiger partial charge < -0.3 is 4.57 Å². The number of hydrogen-bond donors (Lipinski definition) is 0. The molecule has 4 aromatic rings. The number of rotatable bonds is 7. The predicted octanol–water partition coefficient (Wildman–Crippen LogP) is 4.16. The van der Waals surface area contributed by atoms with E-state index in [1.807, 2.05) is 29.5 Å². The van der Waals surface area contributed by atoms with Crippen LogP contribution in [0.2, 0.25) is 0 Å². The summed E-state index contributed by atoms with van der Waals surface area (Å²) in [4.78, 5) is 5.32. The number of hydrogen-bond acceptors (Lipinski definition) is 5. The molecule has 2 aliphatic rings. The Morgan fingerprint density at radius 1 is 0.857 bits per heavy atom. The van der Waals surface area contributed by atoms with Crippen LogP contribution in [0.4, 0.5) is 0 Å². The van der Waals surface area contributed by atoms with Gasteiger partial charge in [-0.2, -0.15) is 5.10 Å². The van der Waals surface area contributed by atoms with Gasteiger partial charge in [-0.3, -0.25) is 9.80 Å². The van der Waals surface area contributed by atoms with E-state index in [2.05, 4.69) is 84.3 Å². The molecule has 1 saturated carbocycles. The summed E-state index contributed by atoms with van der Waals surface area (Å²) in [6.07, 6.45) is 11.2. The van der Waals surface area contributed by atoms with Gasteiger partial charge in [-0.15, -0.1) is 10.2 Å². The third-order valence-electron chi connectivity index (χ3n) is 7.62. The molecule has 0 amide bonds. The number of piperazine rings is 1. The first kappa shape index (κ1) is 22.2. The highest BCUT2D eigenvalue weighted by atomic mass is 15.3. The molecule has 180 valence electrons. The van der Waals surface area contributed by atoms with Gasteiger partial charge in [-0.1, -0.05) is 55.3 Å². The van der Waals surface area contributed by atoms with Gasteiger partial charge in [0.1, 0.15) is 6.33 Å². The van der Waals surface area contributed by atoms with Crippen molar-refractivity contribution in [2.24, 2.45) is 0 Å². The molecule has 35 heavy (non-hydrogen) atoms. The molecule has 6 rings (SSSR count). The Morgan fingerprint density at radius 3 is 2.34 bits per heavy atom. The highest BCUT2D eigenvalue weighted by molar-refractivity contribution is 5.37. The molecule has 2 aromatic carbocycles. The fourth-order valence-electron chi connectivity index (χ4n) is 5.76. The second-order valence-corrected chi connectivity index (χ2v) is 9.76. The molecule has 1 unspecified atom stereocenters. The fraction of sp³-hybridized carbons (Fsp3) is 0.393. The minimum absolute atomic E-state index is 0.0682. The average Bonchev–Trinajstić information content (AvgIpc) is 3.70. The first-order valence-electron chi connectivity index (χ1n) is 12.8. The van der Waals surface area contributed by atoms with E-state index in [9.17, 15) is 0 Å². The van der Waals surface area contributed by atoms with Gasteiger partial charge in [-0.05, 0) is 42.2 Å². The van der Waals surface area contributed by atoms with Crippen molar-refractivity contribution in [1.29, 1.82) is 0 Å². The largest absolute Gasteiger partial charge is 0.311 e. The zero-order valence-electron chi connectivity index (χ0n) is 20.2. The molecular weight excluding hydrogens is 434 g/mol. The van der Waals surface area contributed by atoms with Crippen LogP contribution in [0.25, 0.3) is 5.69 Å². The Hall–Kier alpha value is -3.29. The van der Waals surface area contributed by atoms with Crippen LogP contribution in [0, 0.1) is 0 Å². The van der Waals surface area contributed by atoms with Crippen LogP contribution in [0.5, 0.6) is 0 Å². The zero-order valence-corrected chi connectivity index (χ0v) is 20.2. The SMILES string of the molecule is c1ccc(Cn2cnnc2C(c2ccc(-n3cccn3)cc2)N2CCN(C3CCCC3)CC2)cc1. The van der Waals surface area contributed by atoms with Crippen molar-refractivity contribution in [3.8, 4) is 5.69 Å². The van der Waals surface area contributed by atoms with Gasteiger partial charge in [0.15, 0.2) is 5.82 Å². The maximum absolute atomic E-state index is 4.67. The normalized spacial score (nSPS) is 18.7. The molecule has 1 saturated heterocycles. The third-order valence-corrected chi connectivity index (χ3v) is 7.62. The summed E-state index contributed by atoms with van der Waals surface area (Å²) in [5.41, 5.74) is 3.57. The molecule has 2 aromatic heterocycles. The number of nitrogens with zero attached hydrogens (tertiary/aromatic N) is 7. The predicted molar refractivity (Wildman–Crippen MR) is 136 cm³/mol. The Morgan fingerprint density at radius 2 is 1.63 bits per heavy atom. The first-order valence-corrected chi connectivity index (χ1v) is 12.8. The first-order chi connectivity index (χ1) is 17.3. The van der Waals surface area contributed by atoms with Gasteiger partial charge in [-0.25, -0.2) is 4.68 Å². The van der Waals surface area contributed by atoms with E-state index >= 15 is 0 Å². The lowest BCUT2D eigenvalue weighted by atomic mass is 10.0. The van der Waals surface area contributed by atoms with E-state index in [1.165, 1.54) is 36.8 Å². The van der Waals surface area contributed by atoms with E-state index in [0.717, 1.165) is 50.3 Å². The van der Waals surface area contributed by atoms with Crippen molar-refractivity contribution >= 4 is 0 Å². The quantitative estimate of drug-likeness (QED) is 0.409. The number of benzene rings is 2. The number of aromatic nitrogens is 5. The van der Waals surface area contributed by atoms with Gasteiger partial charge in [0.05, 0.1) is 18.3 Å². The molecule has 1 aliphatic carbocycles. The monoisotopic (exact) mass is 467 g/mol. The van der Waals surface area contributed by atoms with Gasteiger partial charge in [0.2, 0.25) is 0 Å². The fourth-order valence-corrected chi connectivity index (χ4v) is 5.76. The molecule has 2 fully saturated rings. The molecule has 7 heteroatoms. The Balaban J connectivity index is 1.29. The van der Waals surface area contributed by atoms with E-state index in [-0.39, 0.29) is 6.04 Å². The lowest BCUT2D eigenvalue weighted by Crippen LogP contribution is -2.51. The van der Waals surface area contributed by atoms with Crippen LogP contribution in [0.1, 0.15) is 48.7 Å². The van der Waals surface area contributed by atoms with E-state index in [0.29, 0.717) is 0 Å². The highest BCUT2D eigenvalue weighted by Crippen LogP contribution is 2.31. The Labute approximate surface area is 207 Å². The molecule has 0 bridgehead atoms. The molecular formula is C28H33N7. The summed E-state index contributed by atoms with van der Waals surface area (Å²) in [7, 11) is 0. The maximum atomic E-state index is 4.67. The van der Waals surface area contributed by atoms with Crippen molar-refractivity contribution in [1.82, 2.24) is 34.3 Å². The van der Waals surface area contributed by atoms with Crippen LogP contribution in [0.15, 0.2) is 79.4 Å². The van der Waals surface area contributed by atoms with Crippen molar-refractivity contribution < 1.29 is 0 Å². The van der Waals surface area contributed by atoms with Crippen molar-refractivity contribution in [2.75, 3.05) is 26.2 Å². The van der Waals surface area contributed by atoms with Crippen molar-refractivity contribution in [3.05, 3.63) is 96.3 Å². The van der Waals surface area contributed by atoms with Crippen LogP contribution in [0.3, 0.4) is 0 Å². The van der Waals surface area contributed by atoms with Crippen LogP contribution in [-0.4, -0.2) is 66.6 Å².